The van der Waals surface area contributed by atoms with Crippen LogP contribution in [0.3, 0.4) is 0 Å². The highest BCUT2D eigenvalue weighted by molar-refractivity contribution is 5.94. The van der Waals surface area contributed by atoms with Gasteiger partial charge in [-0.1, -0.05) is 31.2 Å². The Morgan fingerprint density at radius 2 is 1.80 bits per heavy atom. The van der Waals surface area contributed by atoms with E-state index in [0.717, 1.165) is 5.69 Å². The van der Waals surface area contributed by atoms with Gasteiger partial charge in [0.15, 0.2) is 5.82 Å². The molecular formula is C33H31FN6O4. The lowest BCUT2D eigenvalue weighted by atomic mass is 9.92. The third kappa shape index (κ3) is 6.59. The zero-order valence-electron chi connectivity index (χ0n) is 24.2. The minimum atomic E-state index is -0.780. The number of H-pyrrole nitrogens is 1. The Morgan fingerprint density at radius 1 is 1.02 bits per heavy atom. The molecule has 11 heteroatoms. The molecule has 0 radical (unpaired) electrons. The fraction of sp³-hybridized carbons (Fsp3) is 0.212. The number of nitrogens with one attached hydrogen (secondary N) is 3. The van der Waals surface area contributed by atoms with Gasteiger partial charge in [0.2, 0.25) is 12.2 Å². The third-order valence-corrected chi connectivity index (χ3v) is 7.18. The van der Waals surface area contributed by atoms with Crippen LogP contribution in [0.5, 0.6) is 5.75 Å². The van der Waals surface area contributed by atoms with E-state index in [4.69, 9.17) is 24.2 Å². The number of aromatic amines is 1. The fourth-order valence-corrected chi connectivity index (χ4v) is 4.78. The first-order valence-electron chi connectivity index (χ1n) is 14.1. The molecule has 0 aliphatic carbocycles. The van der Waals surface area contributed by atoms with Crippen LogP contribution in [0.2, 0.25) is 0 Å². The van der Waals surface area contributed by atoms with Gasteiger partial charge in [0, 0.05) is 41.0 Å². The standard InChI is InChI=1S/C33H31FN6O4/c1-33(18-36-30(41)22-7-4-3-5-8-22)19-43-31(44-20-33)29-39-27(21-11-13-23(34)14-12-21)28(40-29)26-15-16-35-32(38-26)37-24-9-6-10-25(17-24)42-2/h3-17,31H,18-20H2,1-2H3,(H,36,41)(H,39,40)(H,35,37,38). The van der Waals surface area contributed by atoms with Gasteiger partial charge in [-0.25, -0.2) is 19.3 Å². The highest BCUT2D eigenvalue weighted by atomic mass is 19.1. The lowest BCUT2D eigenvalue weighted by Crippen LogP contribution is -2.45. The number of hydrogen-bond acceptors (Lipinski definition) is 8. The van der Waals surface area contributed by atoms with Crippen LogP contribution in [0.25, 0.3) is 22.6 Å². The lowest BCUT2D eigenvalue weighted by molar-refractivity contribution is -0.231. The van der Waals surface area contributed by atoms with Crippen molar-refractivity contribution < 1.29 is 23.4 Å². The Hall–Kier alpha value is -5.13. The van der Waals surface area contributed by atoms with E-state index in [1.54, 1.807) is 43.6 Å². The second-order valence-corrected chi connectivity index (χ2v) is 10.8. The van der Waals surface area contributed by atoms with E-state index in [0.29, 0.717) is 65.5 Å². The van der Waals surface area contributed by atoms with E-state index in [2.05, 4.69) is 20.6 Å². The number of anilines is 2. The average molecular weight is 595 g/mol. The van der Waals surface area contributed by atoms with Crippen molar-refractivity contribution in [1.29, 1.82) is 0 Å². The van der Waals surface area contributed by atoms with Crippen LogP contribution in [0, 0.1) is 11.2 Å². The van der Waals surface area contributed by atoms with Crippen LogP contribution in [0.4, 0.5) is 16.0 Å². The lowest BCUT2D eigenvalue weighted by Gasteiger charge is -2.36. The smallest absolute Gasteiger partial charge is 0.251 e. The second kappa shape index (κ2) is 12.6. The summed E-state index contributed by atoms with van der Waals surface area (Å²) >= 11 is 0. The van der Waals surface area contributed by atoms with Gasteiger partial charge in [-0.2, -0.15) is 0 Å². The number of hydrogen-bond donors (Lipinski definition) is 3. The van der Waals surface area contributed by atoms with Crippen LogP contribution in [-0.2, 0) is 9.47 Å². The number of nitrogens with zero attached hydrogens (tertiary/aromatic N) is 3. The van der Waals surface area contributed by atoms with Crippen molar-refractivity contribution in [2.24, 2.45) is 5.41 Å². The van der Waals surface area contributed by atoms with Crippen molar-refractivity contribution in [1.82, 2.24) is 25.3 Å². The number of halogens is 1. The van der Waals surface area contributed by atoms with Crippen molar-refractivity contribution in [3.63, 3.8) is 0 Å². The minimum Gasteiger partial charge on any atom is -0.497 e. The number of imidazole rings is 1. The number of benzene rings is 3. The number of rotatable bonds is 9. The Labute approximate surface area is 253 Å². The highest BCUT2D eigenvalue weighted by Gasteiger charge is 2.35. The van der Waals surface area contributed by atoms with Gasteiger partial charge in [-0.15, -0.1) is 0 Å². The SMILES string of the molecule is COc1cccc(Nc2nccc(-c3[nH]c(C4OCC(C)(CNC(=O)c5ccccc5)CO4)nc3-c3ccc(F)cc3)n2)c1. The third-order valence-electron chi connectivity index (χ3n) is 7.18. The molecular weight excluding hydrogens is 563 g/mol. The van der Waals surface area contributed by atoms with E-state index in [1.807, 2.05) is 49.4 Å². The molecule has 0 saturated carbocycles. The summed E-state index contributed by atoms with van der Waals surface area (Å²) in [6, 6.07) is 24.3. The first kappa shape index (κ1) is 29.0. The highest BCUT2D eigenvalue weighted by Crippen LogP contribution is 2.35. The van der Waals surface area contributed by atoms with Crippen LogP contribution in [0.1, 0.15) is 29.4 Å². The summed E-state index contributed by atoms with van der Waals surface area (Å²) in [5.41, 5.74) is 3.32. The van der Waals surface area contributed by atoms with Crippen molar-refractivity contribution in [3.05, 3.63) is 108 Å². The zero-order chi connectivity index (χ0) is 30.5. The Morgan fingerprint density at radius 3 is 2.55 bits per heavy atom. The van der Waals surface area contributed by atoms with Crippen molar-refractivity contribution in [3.8, 4) is 28.4 Å². The van der Waals surface area contributed by atoms with Gasteiger partial charge in [0.1, 0.15) is 11.6 Å². The Kier molecular flexibility index (Phi) is 8.31. The van der Waals surface area contributed by atoms with E-state index < -0.39 is 11.7 Å². The molecule has 0 bridgehead atoms. The Balaban J connectivity index is 1.22. The van der Waals surface area contributed by atoms with Crippen molar-refractivity contribution >= 4 is 17.5 Å². The van der Waals surface area contributed by atoms with Crippen molar-refractivity contribution in [2.45, 2.75) is 13.2 Å². The molecule has 0 spiro atoms. The number of methoxy groups -OCH3 is 1. The van der Waals surface area contributed by atoms with Crippen molar-refractivity contribution in [2.75, 3.05) is 32.2 Å². The zero-order valence-corrected chi connectivity index (χ0v) is 24.2. The van der Waals surface area contributed by atoms with Gasteiger partial charge in [-0.05, 0) is 54.6 Å². The van der Waals surface area contributed by atoms with E-state index in [1.165, 1.54) is 12.1 Å². The normalized spacial score (nSPS) is 18.0. The molecule has 1 saturated heterocycles. The molecule has 3 N–H and O–H groups in total. The van der Waals surface area contributed by atoms with Crippen LogP contribution in [0.15, 0.2) is 91.1 Å². The van der Waals surface area contributed by atoms with Crippen LogP contribution >= 0.6 is 0 Å². The molecule has 6 rings (SSSR count). The maximum atomic E-state index is 13.8. The molecule has 2 aromatic heterocycles. The molecule has 44 heavy (non-hydrogen) atoms. The maximum absolute atomic E-state index is 13.8. The summed E-state index contributed by atoms with van der Waals surface area (Å²) in [4.78, 5) is 29.8. The fourth-order valence-electron chi connectivity index (χ4n) is 4.78. The molecule has 10 nitrogen and oxygen atoms in total. The summed E-state index contributed by atoms with van der Waals surface area (Å²) in [6.45, 7) is 3.03. The summed E-state index contributed by atoms with van der Waals surface area (Å²) in [6.07, 6.45) is 0.861. The molecule has 0 unspecified atom stereocenters. The molecule has 1 amide bonds. The van der Waals surface area contributed by atoms with Gasteiger partial charge >= 0.3 is 0 Å². The number of carbonyl (C=O) groups is 1. The average Bonchev–Trinajstić information content (AvgIpc) is 3.50. The molecule has 1 aliphatic rings. The van der Waals surface area contributed by atoms with Gasteiger partial charge < -0.3 is 29.8 Å². The predicted molar refractivity (Wildman–Crippen MR) is 163 cm³/mol. The monoisotopic (exact) mass is 594 g/mol. The molecule has 1 fully saturated rings. The number of amides is 1. The molecule has 3 aromatic carbocycles. The summed E-state index contributed by atoms with van der Waals surface area (Å²) < 4.78 is 31.3. The van der Waals surface area contributed by atoms with E-state index in [-0.39, 0.29) is 11.7 Å². The van der Waals surface area contributed by atoms with E-state index in [9.17, 15) is 9.18 Å². The first-order valence-corrected chi connectivity index (χ1v) is 14.1. The van der Waals surface area contributed by atoms with E-state index >= 15 is 0 Å². The molecule has 1 aliphatic heterocycles. The quantitative estimate of drug-likeness (QED) is 0.193. The maximum Gasteiger partial charge on any atom is 0.251 e. The molecule has 5 aromatic rings. The minimum absolute atomic E-state index is 0.154. The summed E-state index contributed by atoms with van der Waals surface area (Å²) in [7, 11) is 1.60. The van der Waals surface area contributed by atoms with Gasteiger partial charge in [-0.3, -0.25) is 4.79 Å². The van der Waals surface area contributed by atoms with Gasteiger partial charge in [0.25, 0.3) is 5.91 Å². The number of carbonyl (C=O) groups excluding carboxylic acids is 1. The molecule has 0 atom stereocenters. The summed E-state index contributed by atoms with van der Waals surface area (Å²) in [5, 5.41) is 6.17. The van der Waals surface area contributed by atoms with Crippen LogP contribution in [-0.4, -0.2) is 52.7 Å². The second-order valence-electron chi connectivity index (χ2n) is 10.8. The Bertz CT molecular complexity index is 1740. The molecule has 3 heterocycles. The van der Waals surface area contributed by atoms with Gasteiger partial charge in [0.05, 0.1) is 37.4 Å². The molecule has 224 valence electrons. The summed E-state index contributed by atoms with van der Waals surface area (Å²) in [5.74, 6) is 1.00. The van der Waals surface area contributed by atoms with Crippen LogP contribution < -0.4 is 15.4 Å². The first-order chi connectivity index (χ1) is 21.4. The predicted octanol–water partition coefficient (Wildman–Crippen LogP) is 5.91. The topological polar surface area (TPSA) is 123 Å². The largest absolute Gasteiger partial charge is 0.497 e. The number of aromatic nitrogens is 4. The number of ether oxygens (including phenoxy) is 3.